The topological polar surface area (TPSA) is 63.1 Å². The fraction of sp³-hybridized carbons (Fsp3) is 0.432. The largest absolute Gasteiger partial charge is 0.512 e. The molecule has 1 heterocycles. The van der Waals surface area contributed by atoms with E-state index < -0.39 is 0 Å². The minimum Gasteiger partial charge on any atom is -0.512 e. The standard InChI is InChI=1S/C23H21N2.C13H24O2.CH4.Ir/c1-15-22(19-11-7-9-16-8-5-6-10-18(16)19)25-21-14-17(23(2,3)4)12-13-20(21)24-15;1-5-10(6-2)12(14)9-13(15)11(7-3)8-4;;/h5-10,12-14H,1-4H3;9-11,14H,5-8H2,1-4H3;1H4;/q-1;;;. The zero-order valence-electron chi connectivity index (χ0n) is 25.8. The third kappa shape index (κ3) is 9.06. The SMILES string of the molecule is C.CCC(CC)C(=O)C=C(O)C(CC)CC.Cc1nc2ccc(C(C)(C)C)cc2nc1-c1[c-]ccc2ccccc12.[Ir]. The Morgan fingerprint density at radius 3 is 2.12 bits per heavy atom. The van der Waals surface area contributed by atoms with Crippen molar-refractivity contribution in [1.29, 1.82) is 0 Å². The number of ketones is 1. The van der Waals surface area contributed by atoms with E-state index in [2.05, 4.69) is 75.4 Å². The number of hydrogen-bond acceptors (Lipinski definition) is 4. The van der Waals surface area contributed by atoms with E-state index in [1.807, 2.05) is 40.7 Å². The Labute approximate surface area is 267 Å². The van der Waals surface area contributed by atoms with Crippen LogP contribution in [0.4, 0.5) is 0 Å². The smallest absolute Gasteiger partial charge is 0.162 e. The second-order valence-corrected chi connectivity index (χ2v) is 11.5. The van der Waals surface area contributed by atoms with E-state index in [1.165, 1.54) is 17.0 Å². The van der Waals surface area contributed by atoms with Crippen LogP contribution >= 0.6 is 0 Å². The first-order valence-electron chi connectivity index (χ1n) is 14.7. The Hall–Kier alpha value is -2.88. The van der Waals surface area contributed by atoms with E-state index in [4.69, 9.17) is 9.97 Å². The number of aliphatic hydroxyl groups excluding tert-OH is 1. The predicted molar refractivity (Wildman–Crippen MR) is 175 cm³/mol. The van der Waals surface area contributed by atoms with Gasteiger partial charge >= 0.3 is 0 Å². The maximum Gasteiger partial charge on any atom is 0.162 e. The number of aromatic nitrogens is 2. The normalized spacial score (nSPS) is 11.6. The number of hydrogen-bond donors (Lipinski definition) is 1. The van der Waals surface area contributed by atoms with E-state index >= 15 is 0 Å². The zero-order chi connectivity index (χ0) is 29.4. The molecule has 0 saturated heterocycles. The van der Waals surface area contributed by atoms with Gasteiger partial charge in [-0.1, -0.05) is 91.6 Å². The van der Waals surface area contributed by atoms with Crippen LogP contribution < -0.4 is 0 Å². The molecule has 229 valence electrons. The van der Waals surface area contributed by atoms with Gasteiger partial charge in [0.15, 0.2) is 5.78 Å². The van der Waals surface area contributed by atoms with Crippen molar-refractivity contribution in [2.45, 2.75) is 93.9 Å². The summed E-state index contributed by atoms with van der Waals surface area (Å²) >= 11 is 0. The molecule has 0 aliphatic carbocycles. The van der Waals surface area contributed by atoms with Crippen molar-refractivity contribution in [1.82, 2.24) is 9.97 Å². The van der Waals surface area contributed by atoms with Gasteiger partial charge in [-0.05, 0) is 55.7 Å². The summed E-state index contributed by atoms with van der Waals surface area (Å²) in [5.74, 6) is 0.547. The molecule has 0 aliphatic rings. The van der Waals surface area contributed by atoms with Gasteiger partial charge in [-0.25, -0.2) is 0 Å². The van der Waals surface area contributed by atoms with E-state index in [1.54, 1.807) is 0 Å². The van der Waals surface area contributed by atoms with Crippen LogP contribution in [0.25, 0.3) is 33.1 Å². The van der Waals surface area contributed by atoms with Crippen molar-refractivity contribution >= 4 is 27.6 Å². The molecule has 42 heavy (non-hydrogen) atoms. The van der Waals surface area contributed by atoms with Gasteiger partial charge in [0, 0.05) is 49.4 Å². The Morgan fingerprint density at radius 2 is 1.52 bits per heavy atom. The molecular weight excluding hydrogens is 697 g/mol. The minimum absolute atomic E-state index is 0. The average Bonchev–Trinajstić information content (AvgIpc) is 2.93. The van der Waals surface area contributed by atoms with Crippen LogP contribution in [0.5, 0.6) is 0 Å². The molecular formula is C37H49IrN2O2-. The summed E-state index contributed by atoms with van der Waals surface area (Å²) in [6, 6.07) is 22.2. The number of benzene rings is 3. The van der Waals surface area contributed by atoms with Crippen LogP contribution in [0, 0.1) is 24.8 Å². The van der Waals surface area contributed by atoms with Crippen LogP contribution in [0.15, 0.2) is 66.4 Å². The summed E-state index contributed by atoms with van der Waals surface area (Å²) < 4.78 is 0. The van der Waals surface area contributed by atoms with E-state index in [-0.39, 0.29) is 56.3 Å². The number of carbonyl (C=O) groups is 1. The molecule has 0 unspecified atom stereocenters. The van der Waals surface area contributed by atoms with Crippen LogP contribution in [0.1, 0.15) is 92.8 Å². The van der Waals surface area contributed by atoms with Crippen LogP contribution in [0.2, 0.25) is 0 Å². The molecule has 5 heteroatoms. The molecule has 1 radical (unpaired) electrons. The third-order valence-electron chi connectivity index (χ3n) is 7.74. The molecule has 0 aliphatic heterocycles. The molecule has 0 amide bonds. The molecule has 0 spiro atoms. The monoisotopic (exact) mass is 746 g/mol. The van der Waals surface area contributed by atoms with Gasteiger partial charge in [-0.3, -0.25) is 14.8 Å². The molecule has 0 saturated carbocycles. The number of carbonyl (C=O) groups excluding carboxylic acids is 1. The van der Waals surface area contributed by atoms with Crippen LogP contribution in [-0.4, -0.2) is 20.9 Å². The summed E-state index contributed by atoms with van der Waals surface area (Å²) in [6.07, 6.45) is 4.91. The van der Waals surface area contributed by atoms with Gasteiger partial charge in [0.05, 0.1) is 16.8 Å². The fourth-order valence-corrected chi connectivity index (χ4v) is 4.98. The number of aryl methyl sites for hydroxylation is 1. The van der Waals surface area contributed by atoms with Gasteiger partial charge in [-0.2, -0.15) is 0 Å². The first kappa shape index (κ1) is 37.1. The Morgan fingerprint density at radius 1 is 0.905 bits per heavy atom. The first-order chi connectivity index (χ1) is 19.0. The predicted octanol–water partition coefficient (Wildman–Crippen LogP) is 10.4. The third-order valence-corrected chi connectivity index (χ3v) is 7.74. The second-order valence-electron chi connectivity index (χ2n) is 11.5. The molecule has 4 rings (SSSR count). The van der Waals surface area contributed by atoms with Gasteiger partial charge < -0.3 is 5.11 Å². The summed E-state index contributed by atoms with van der Waals surface area (Å²) in [5.41, 5.74) is 6.10. The second kappa shape index (κ2) is 16.7. The summed E-state index contributed by atoms with van der Waals surface area (Å²) in [4.78, 5) is 21.5. The van der Waals surface area contributed by atoms with Crippen LogP contribution in [0.3, 0.4) is 0 Å². The van der Waals surface area contributed by atoms with Gasteiger partial charge in [0.25, 0.3) is 0 Å². The summed E-state index contributed by atoms with van der Waals surface area (Å²) in [6.45, 7) is 16.7. The van der Waals surface area contributed by atoms with Crippen molar-refractivity contribution in [3.05, 3.63) is 83.8 Å². The minimum atomic E-state index is 0. The Kier molecular flexibility index (Phi) is 14.7. The molecule has 0 fully saturated rings. The van der Waals surface area contributed by atoms with Crippen molar-refractivity contribution < 1.29 is 30.0 Å². The Balaban J connectivity index is 0.000000455. The molecule has 1 N–H and O–H groups in total. The quantitative estimate of drug-likeness (QED) is 0.111. The summed E-state index contributed by atoms with van der Waals surface area (Å²) in [7, 11) is 0. The molecule has 0 bridgehead atoms. The van der Waals surface area contributed by atoms with E-state index in [0.29, 0.717) is 0 Å². The van der Waals surface area contributed by atoms with Crippen molar-refractivity contribution in [2.75, 3.05) is 0 Å². The fourth-order valence-electron chi connectivity index (χ4n) is 4.98. The van der Waals surface area contributed by atoms with Crippen molar-refractivity contribution in [3.8, 4) is 11.3 Å². The first-order valence-corrected chi connectivity index (χ1v) is 14.7. The molecule has 0 atom stereocenters. The maximum atomic E-state index is 11.7. The number of nitrogens with zero attached hydrogens (tertiary/aromatic N) is 2. The van der Waals surface area contributed by atoms with Crippen molar-refractivity contribution in [3.63, 3.8) is 0 Å². The summed E-state index contributed by atoms with van der Waals surface area (Å²) in [5, 5.41) is 12.1. The molecule has 4 nitrogen and oxygen atoms in total. The zero-order valence-corrected chi connectivity index (χ0v) is 28.2. The van der Waals surface area contributed by atoms with E-state index in [0.717, 1.165) is 59.1 Å². The van der Waals surface area contributed by atoms with Crippen LogP contribution in [-0.2, 0) is 30.3 Å². The number of fused-ring (bicyclic) bond motifs is 2. The maximum absolute atomic E-state index is 11.7. The van der Waals surface area contributed by atoms with Gasteiger partial charge in [0.1, 0.15) is 0 Å². The van der Waals surface area contributed by atoms with Gasteiger partial charge in [0.2, 0.25) is 0 Å². The molecule has 1 aromatic heterocycles. The number of rotatable bonds is 8. The number of aliphatic hydroxyl groups is 1. The Bertz CT molecular complexity index is 1470. The van der Waals surface area contributed by atoms with Gasteiger partial charge in [-0.15, -0.1) is 29.1 Å². The average molecular weight is 746 g/mol. The van der Waals surface area contributed by atoms with Crippen molar-refractivity contribution in [2.24, 2.45) is 11.8 Å². The number of allylic oxidation sites excluding steroid dienone is 2. The van der Waals surface area contributed by atoms with E-state index in [9.17, 15) is 9.90 Å². The molecule has 3 aromatic carbocycles. The molecule has 4 aromatic rings.